The molecule has 2 fully saturated rings. The van der Waals surface area contributed by atoms with Crippen LogP contribution in [0, 0.1) is 0 Å². The summed E-state index contributed by atoms with van der Waals surface area (Å²) in [5.74, 6) is -0.344. The highest BCUT2D eigenvalue weighted by Crippen LogP contribution is 2.28. The van der Waals surface area contributed by atoms with Crippen LogP contribution < -0.4 is 10.2 Å². The fraction of sp³-hybridized carbons (Fsp3) is 0.409. The van der Waals surface area contributed by atoms with E-state index in [2.05, 4.69) is 10.2 Å². The lowest BCUT2D eigenvalue weighted by Crippen LogP contribution is -2.41. The minimum Gasteiger partial charge on any atom is -0.379 e. The zero-order valence-electron chi connectivity index (χ0n) is 18.0. The first kappa shape index (κ1) is 23.1. The van der Waals surface area contributed by atoms with Gasteiger partial charge >= 0.3 is 0 Å². The first-order chi connectivity index (χ1) is 15.5. The van der Waals surface area contributed by atoms with Crippen molar-refractivity contribution in [2.45, 2.75) is 9.79 Å². The average molecular weight is 478 g/mol. The van der Waals surface area contributed by atoms with Crippen molar-refractivity contribution in [3.8, 4) is 0 Å². The minimum atomic E-state index is -3.72. The highest BCUT2D eigenvalue weighted by molar-refractivity contribution is 7.98. The van der Waals surface area contributed by atoms with Crippen molar-refractivity contribution in [2.24, 2.45) is 0 Å². The van der Waals surface area contributed by atoms with Gasteiger partial charge in [-0.1, -0.05) is 6.07 Å². The first-order valence-electron chi connectivity index (χ1n) is 10.5. The quantitative estimate of drug-likeness (QED) is 0.640. The van der Waals surface area contributed by atoms with Crippen LogP contribution in [0.3, 0.4) is 0 Å². The van der Waals surface area contributed by atoms with Crippen molar-refractivity contribution >= 4 is 39.1 Å². The Hall–Kier alpha value is -2.11. The average Bonchev–Trinajstić information content (AvgIpc) is 2.85. The Kier molecular flexibility index (Phi) is 7.37. The molecule has 0 bridgehead atoms. The molecule has 8 nitrogen and oxygen atoms in total. The van der Waals surface area contributed by atoms with E-state index < -0.39 is 10.0 Å². The Morgan fingerprint density at radius 2 is 1.66 bits per heavy atom. The molecule has 0 saturated carbocycles. The van der Waals surface area contributed by atoms with Gasteiger partial charge in [0.1, 0.15) is 0 Å². The lowest BCUT2D eigenvalue weighted by atomic mass is 10.1. The van der Waals surface area contributed by atoms with Crippen LogP contribution in [-0.4, -0.2) is 77.5 Å². The van der Waals surface area contributed by atoms with Gasteiger partial charge in [0.2, 0.25) is 10.0 Å². The van der Waals surface area contributed by atoms with Crippen LogP contribution in [0.15, 0.2) is 52.3 Å². The van der Waals surface area contributed by atoms with Crippen LogP contribution in [0.5, 0.6) is 0 Å². The number of thioether (sulfide) groups is 1. The second-order valence-corrected chi connectivity index (χ2v) is 10.3. The second kappa shape index (κ2) is 10.2. The summed E-state index contributed by atoms with van der Waals surface area (Å²) in [6, 6.07) is 12.4. The molecule has 0 spiro atoms. The summed E-state index contributed by atoms with van der Waals surface area (Å²) in [7, 11) is -3.72. The van der Waals surface area contributed by atoms with Crippen LogP contribution in [0.1, 0.15) is 10.4 Å². The number of sulfonamides is 1. The van der Waals surface area contributed by atoms with E-state index in [1.165, 1.54) is 10.4 Å². The fourth-order valence-electron chi connectivity index (χ4n) is 3.77. The second-order valence-electron chi connectivity index (χ2n) is 7.48. The van der Waals surface area contributed by atoms with Crippen molar-refractivity contribution in [1.82, 2.24) is 4.31 Å². The van der Waals surface area contributed by atoms with Gasteiger partial charge in [-0.05, 0) is 42.7 Å². The van der Waals surface area contributed by atoms with Gasteiger partial charge in [0.25, 0.3) is 5.91 Å². The Morgan fingerprint density at radius 3 is 2.34 bits per heavy atom. The fourth-order valence-corrected chi connectivity index (χ4v) is 5.67. The monoisotopic (exact) mass is 477 g/mol. The SMILES string of the molecule is CSc1cccc(NC(=O)c2cc(S(=O)(=O)N3CCOCC3)ccc2N2CCOCC2)c1. The maximum Gasteiger partial charge on any atom is 0.257 e. The Labute approximate surface area is 192 Å². The largest absolute Gasteiger partial charge is 0.379 e. The van der Waals surface area contributed by atoms with Gasteiger partial charge in [0.15, 0.2) is 0 Å². The number of hydrogen-bond acceptors (Lipinski definition) is 7. The molecule has 1 N–H and O–H groups in total. The van der Waals surface area contributed by atoms with Crippen molar-refractivity contribution in [2.75, 3.05) is 69.1 Å². The molecule has 0 aromatic heterocycles. The van der Waals surface area contributed by atoms with E-state index in [1.807, 2.05) is 30.5 Å². The van der Waals surface area contributed by atoms with Gasteiger partial charge < -0.3 is 19.7 Å². The molecule has 0 aliphatic carbocycles. The molecule has 32 heavy (non-hydrogen) atoms. The standard InChI is InChI=1S/C22H27N3O5S2/c1-31-18-4-2-3-17(15-18)23-22(26)20-16-19(32(27,28)25-9-13-30-14-10-25)5-6-21(20)24-7-11-29-12-8-24/h2-6,15-16H,7-14H2,1H3,(H,23,26). The number of morpholine rings is 2. The smallest absolute Gasteiger partial charge is 0.257 e. The molecule has 1 amide bonds. The van der Waals surface area contributed by atoms with E-state index in [-0.39, 0.29) is 10.8 Å². The summed E-state index contributed by atoms with van der Waals surface area (Å²) in [4.78, 5) is 16.5. The molecule has 0 unspecified atom stereocenters. The molecule has 10 heteroatoms. The lowest BCUT2D eigenvalue weighted by Gasteiger charge is -2.31. The van der Waals surface area contributed by atoms with Crippen molar-refractivity contribution < 1.29 is 22.7 Å². The van der Waals surface area contributed by atoms with E-state index in [1.54, 1.807) is 23.9 Å². The normalized spacial score (nSPS) is 17.8. The molecule has 2 aromatic rings. The van der Waals surface area contributed by atoms with Crippen molar-refractivity contribution in [3.05, 3.63) is 48.0 Å². The third kappa shape index (κ3) is 5.10. The maximum atomic E-state index is 13.3. The van der Waals surface area contributed by atoms with Crippen molar-refractivity contribution in [3.63, 3.8) is 0 Å². The molecule has 2 heterocycles. The molecule has 0 radical (unpaired) electrons. The molecular weight excluding hydrogens is 450 g/mol. The van der Waals surface area contributed by atoms with E-state index in [0.29, 0.717) is 69.5 Å². The molecule has 2 aliphatic rings. The number of hydrogen-bond donors (Lipinski definition) is 1. The van der Waals surface area contributed by atoms with Crippen LogP contribution in [0.4, 0.5) is 11.4 Å². The van der Waals surface area contributed by atoms with Gasteiger partial charge in [-0.3, -0.25) is 4.79 Å². The number of carbonyl (C=O) groups excluding carboxylic acids is 1. The molecule has 172 valence electrons. The lowest BCUT2D eigenvalue weighted by molar-refractivity contribution is 0.0730. The molecule has 4 rings (SSSR count). The predicted octanol–water partition coefficient (Wildman–Crippen LogP) is 2.52. The summed E-state index contributed by atoms with van der Waals surface area (Å²) in [6.45, 7) is 3.73. The van der Waals surface area contributed by atoms with Gasteiger partial charge in [-0.15, -0.1) is 11.8 Å². The summed E-state index contributed by atoms with van der Waals surface area (Å²) >= 11 is 1.58. The Morgan fingerprint density at radius 1 is 0.969 bits per heavy atom. The van der Waals surface area contributed by atoms with Crippen molar-refractivity contribution in [1.29, 1.82) is 0 Å². The number of amides is 1. The van der Waals surface area contributed by atoms with Gasteiger partial charge in [0, 0.05) is 42.4 Å². The van der Waals surface area contributed by atoms with Crippen LogP contribution in [0.2, 0.25) is 0 Å². The van der Waals surface area contributed by atoms with E-state index in [9.17, 15) is 13.2 Å². The molecule has 2 aromatic carbocycles. The minimum absolute atomic E-state index is 0.111. The number of ether oxygens (including phenoxy) is 2. The maximum absolute atomic E-state index is 13.3. The van der Waals surface area contributed by atoms with Gasteiger partial charge in [-0.25, -0.2) is 8.42 Å². The Balaban J connectivity index is 1.69. The summed E-state index contributed by atoms with van der Waals surface area (Å²) < 4.78 is 38.5. The number of nitrogens with zero attached hydrogens (tertiary/aromatic N) is 2. The first-order valence-corrected chi connectivity index (χ1v) is 13.2. The van der Waals surface area contributed by atoms with Crippen LogP contribution in [0.25, 0.3) is 0 Å². The number of nitrogens with one attached hydrogen (secondary N) is 1. The van der Waals surface area contributed by atoms with Gasteiger partial charge in [0.05, 0.1) is 36.9 Å². The predicted molar refractivity (Wildman–Crippen MR) is 125 cm³/mol. The highest BCUT2D eigenvalue weighted by atomic mass is 32.2. The van der Waals surface area contributed by atoms with E-state index >= 15 is 0 Å². The molecule has 2 saturated heterocycles. The molecule has 0 atom stereocenters. The van der Waals surface area contributed by atoms with Gasteiger partial charge in [-0.2, -0.15) is 4.31 Å². The zero-order chi connectivity index (χ0) is 22.6. The number of anilines is 2. The summed E-state index contributed by atoms with van der Waals surface area (Å²) in [5.41, 5.74) is 1.69. The van der Waals surface area contributed by atoms with E-state index in [4.69, 9.17) is 9.47 Å². The molecular formula is C22H27N3O5S2. The third-order valence-corrected chi connectivity index (χ3v) is 8.12. The number of rotatable bonds is 6. The summed E-state index contributed by atoms with van der Waals surface area (Å²) in [6.07, 6.45) is 1.97. The van der Waals surface area contributed by atoms with Crippen LogP contribution >= 0.6 is 11.8 Å². The number of benzene rings is 2. The Bertz CT molecular complexity index is 1060. The molecule has 2 aliphatic heterocycles. The summed E-state index contributed by atoms with van der Waals surface area (Å²) in [5, 5.41) is 2.93. The highest BCUT2D eigenvalue weighted by Gasteiger charge is 2.29. The van der Waals surface area contributed by atoms with E-state index in [0.717, 1.165) is 4.90 Å². The third-order valence-electron chi connectivity index (χ3n) is 5.50. The van der Waals surface area contributed by atoms with Crippen LogP contribution in [-0.2, 0) is 19.5 Å². The zero-order valence-corrected chi connectivity index (χ0v) is 19.6. The number of carbonyl (C=O) groups is 1. The topological polar surface area (TPSA) is 88.2 Å².